The van der Waals surface area contributed by atoms with Gasteiger partial charge >= 0.3 is 5.97 Å². The van der Waals surface area contributed by atoms with Crippen LogP contribution in [0.2, 0.25) is 0 Å². The SMILES string of the molecule is O=C(O)CC1CCN(C(=O)C2CSc3ccccc32)CC1. The van der Waals surface area contributed by atoms with Crippen molar-refractivity contribution < 1.29 is 14.7 Å². The molecule has 2 aliphatic rings. The third kappa shape index (κ3) is 3.07. The van der Waals surface area contributed by atoms with Gasteiger partial charge in [0.05, 0.1) is 5.92 Å². The Hall–Kier alpha value is -1.49. The van der Waals surface area contributed by atoms with Crippen LogP contribution in [0.1, 0.15) is 30.7 Å². The average molecular weight is 305 g/mol. The lowest BCUT2D eigenvalue weighted by atomic mass is 9.92. The number of carbonyl (C=O) groups is 2. The van der Waals surface area contributed by atoms with Crippen molar-refractivity contribution in [1.82, 2.24) is 4.90 Å². The fourth-order valence-corrected chi connectivity index (χ4v) is 4.41. The molecule has 1 fully saturated rings. The molecule has 1 atom stereocenters. The second kappa shape index (κ2) is 6.10. The van der Waals surface area contributed by atoms with Crippen LogP contribution in [0.25, 0.3) is 0 Å². The molecule has 0 radical (unpaired) electrons. The van der Waals surface area contributed by atoms with Gasteiger partial charge in [0.25, 0.3) is 0 Å². The van der Waals surface area contributed by atoms with Crippen LogP contribution in [0.5, 0.6) is 0 Å². The quantitative estimate of drug-likeness (QED) is 0.932. The van der Waals surface area contributed by atoms with Crippen molar-refractivity contribution in [3.8, 4) is 0 Å². The van der Waals surface area contributed by atoms with Crippen LogP contribution in [0.15, 0.2) is 29.2 Å². The number of hydrogen-bond donors (Lipinski definition) is 1. The van der Waals surface area contributed by atoms with E-state index in [9.17, 15) is 9.59 Å². The standard InChI is InChI=1S/C16H19NO3S/c18-15(19)9-11-5-7-17(8-6-11)16(20)13-10-21-14-4-2-1-3-12(13)14/h1-4,11,13H,5-10H2,(H,18,19). The lowest BCUT2D eigenvalue weighted by Gasteiger charge is -2.33. The van der Waals surface area contributed by atoms with Gasteiger partial charge in [0.15, 0.2) is 0 Å². The predicted molar refractivity (Wildman–Crippen MR) is 81.5 cm³/mol. The summed E-state index contributed by atoms with van der Waals surface area (Å²) in [7, 11) is 0. The number of amides is 1. The molecule has 112 valence electrons. The summed E-state index contributed by atoms with van der Waals surface area (Å²) in [5.41, 5.74) is 1.15. The van der Waals surface area contributed by atoms with Crippen molar-refractivity contribution in [1.29, 1.82) is 0 Å². The van der Waals surface area contributed by atoms with E-state index in [-0.39, 0.29) is 24.2 Å². The van der Waals surface area contributed by atoms with Gasteiger partial charge in [-0.1, -0.05) is 18.2 Å². The zero-order chi connectivity index (χ0) is 14.8. The fraction of sp³-hybridized carbons (Fsp3) is 0.500. The maximum absolute atomic E-state index is 12.7. The van der Waals surface area contributed by atoms with Crippen molar-refractivity contribution in [2.75, 3.05) is 18.8 Å². The van der Waals surface area contributed by atoms with E-state index in [2.05, 4.69) is 12.1 Å². The topological polar surface area (TPSA) is 57.6 Å². The largest absolute Gasteiger partial charge is 0.481 e. The fourth-order valence-electron chi connectivity index (χ4n) is 3.19. The minimum atomic E-state index is -0.735. The van der Waals surface area contributed by atoms with Gasteiger partial charge in [0.2, 0.25) is 5.91 Å². The smallest absolute Gasteiger partial charge is 0.303 e. The van der Waals surface area contributed by atoms with Crippen LogP contribution in [0.3, 0.4) is 0 Å². The van der Waals surface area contributed by atoms with Crippen LogP contribution < -0.4 is 0 Å². The predicted octanol–water partition coefficient (Wildman–Crippen LogP) is 2.59. The number of fused-ring (bicyclic) bond motifs is 1. The van der Waals surface area contributed by atoms with Crippen LogP contribution in [-0.4, -0.2) is 40.7 Å². The number of carboxylic acids is 1. The normalized spacial score (nSPS) is 22.1. The number of benzene rings is 1. The third-order valence-corrected chi connectivity index (χ3v) is 5.57. The van der Waals surface area contributed by atoms with Crippen molar-refractivity contribution in [3.63, 3.8) is 0 Å². The number of likely N-dealkylation sites (tertiary alicyclic amines) is 1. The highest BCUT2D eigenvalue weighted by molar-refractivity contribution is 7.99. The molecule has 0 aliphatic carbocycles. The Bertz CT molecular complexity index is 552. The maximum atomic E-state index is 12.7. The summed E-state index contributed by atoms with van der Waals surface area (Å²) in [5, 5.41) is 8.84. The van der Waals surface area contributed by atoms with Gasteiger partial charge in [0, 0.05) is 30.2 Å². The molecule has 1 amide bonds. The number of rotatable bonds is 3. The highest BCUT2D eigenvalue weighted by atomic mass is 32.2. The summed E-state index contributed by atoms with van der Waals surface area (Å²) in [6.07, 6.45) is 1.84. The monoisotopic (exact) mass is 305 g/mol. The van der Waals surface area contributed by atoms with E-state index in [0.717, 1.165) is 24.2 Å². The van der Waals surface area contributed by atoms with E-state index in [4.69, 9.17) is 5.11 Å². The first-order valence-corrected chi connectivity index (χ1v) is 8.36. The summed E-state index contributed by atoms with van der Waals surface area (Å²) < 4.78 is 0. The minimum Gasteiger partial charge on any atom is -0.481 e. The number of nitrogens with zero attached hydrogens (tertiary/aromatic N) is 1. The van der Waals surface area contributed by atoms with Gasteiger partial charge in [-0.3, -0.25) is 9.59 Å². The molecular formula is C16H19NO3S. The highest BCUT2D eigenvalue weighted by Gasteiger charge is 2.34. The molecule has 1 saturated heterocycles. The van der Waals surface area contributed by atoms with Gasteiger partial charge in [-0.25, -0.2) is 0 Å². The maximum Gasteiger partial charge on any atom is 0.303 e. The Morgan fingerprint density at radius 1 is 1.24 bits per heavy atom. The molecule has 0 aromatic heterocycles. The van der Waals surface area contributed by atoms with Gasteiger partial charge in [-0.05, 0) is 30.4 Å². The second-order valence-corrected chi connectivity index (χ2v) is 6.83. The molecule has 1 aromatic rings. The number of thioether (sulfide) groups is 1. The van der Waals surface area contributed by atoms with Gasteiger partial charge < -0.3 is 10.0 Å². The molecule has 3 rings (SSSR count). The molecule has 2 aliphatic heterocycles. The van der Waals surface area contributed by atoms with Crippen molar-refractivity contribution >= 4 is 23.6 Å². The van der Waals surface area contributed by atoms with Crippen LogP contribution in [-0.2, 0) is 9.59 Å². The number of hydrogen-bond acceptors (Lipinski definition) is 3. The molecular weight excluding hydrogens is 286 g/mol. The Kier molecular flexibility index (Phi) is 4.19. The summed E-state index contributed by atoms with van der Waals surface area (Å²) >= 11 is 1.75. The number of carbonyl (C=O) groups excluding carboxylic acids is 1. The Balaban J connectivity index is 1.62. The lowest BCUT2D eigenvalue weighted by Crippen LogP contribution is -2.41. The summed E-state index contributed by atoms with van der Waals surface area (Å²) in [6.45, 7) is 1.39. The number of aliphatic carboxylic acids is 1. The van der Waals surface area contributed by atoms with E-state index >= 15 is 0 Å². The average Bonchev–Trinajstić information content (AvgIpc) is 2.90. The minimum absolute atomic E-state index is 0.0257. The molecule has 1 unspecified atom stereocenters. The molecule has 0 bridgehead atoms. The molecule has 0 saturated carbocycles. The Labute approximate surface area is 128 Å². The second-order valence-electron chi connectivity index (χ2n) is 5.77. The molecule has 5 heteroatoms. The van der Waals surface area contributed by atoms with E-state index in [1.807, 2.05) is 17.0 Å². The molecule has 21 heavy (non-hydrogen) atoms. The van der Waals surface area contributed by atoms with Crippen molar-refractivity contribution in [2.24, 2.45) is 5.92 Å². The Morgan fingerprint density at radius 2 is 1.95 bits per heavy atom. The molecule has 1 N–H and O–H groups in total. The van der Waals surface area contributed by atoms with E-state index in [0.29, 0.717) is 13.1 Å². The van der Waals surface area contributed by atoms with E-state index in [1.165, 1.54) is 4.90 Å². The highest BCUT2D eigenvalue weighted by Crippen LogP contribution is 2.40. The number of piperidine rings is 1. The molecule has 1 aromatic carbocycles. The number of carboxylic acid groups (broad SMARTS) is 1. The molecule has 4 nitrogen and oxygen atoms in total. The van der Waals surface area contributed by atoms with Crippen LogP contribution in [0.4, 0.5) is 0 Å². The Morgan fingerprint density at radius 3 is 2.67 bits per heavy atom. The molecule has 0 spiro atoms. The summed E-state index contributed by atoms with van der Waals surface area (Å²) in [5.74, 6) is 0.494. The van der Waals surface area contributed by atoms with E-state index < -0.39 is 5.97 Å². The first-order chi connectivity index (χ1) is 10.1. The first kappa shape index (κ1) is 14.4. The van der Waals surface area contributed by atoms with Crippen molar-refractivity contribution in [2.45, 2.75) is 30.1 Å². The van der Waals surface area contributed by atoms with Gasteiger partial charge in [-0.2, -0.15) is 0 Å². The summed E-state index contributed by atoms with van der Waals surface area (Å²) in [6, 6.07) is 8.13. The van der Waals surface area contributed by atoms with Crippen LogP contribution in [0, 0.1) is 5.92 Å². The van der Waals surface area contributed by atoms with Crippen molar-refractivity contribution in [3.05, 3.63) is 29.8 Å². The molecule has 2 heterocycles. The zero-order valence-electron chi connectivity index (χ0n) is 11.8. The lowest BCUT2D eigenvalue weighted by molar-refractivity contribution is -0.138. The van der Waals surface area contributed by atoms with Gasteiger partial charge in [-0.15, -0.1) is 11.8 Å². The summed E-state index contributed by atoms with van der Waals surface area (Å²) in [4.78, 5) is 26.6. The van der Waals surface area contributed by atoms with Gasteiger partial charge in [0.1, 0.15) is 0 Å². The zero-order valence-corrected chi connectivity index (χ0v) is 12.6. The van der Waals surface area contributed by atoms with Crippen LogP contribution >= 0.6 is 11.8 Å². The third-order valence-electron chi connectivity index (χ3n) is 4.39. The van der Waals surface area contributed by atoms with E-state index in [1.54, 1.807) is 11.8 Å². The first-order valence-electron chi connectivity index (χ1n) is 7.37.